The van der Waals surface area contributed by atoms with E-state index < -0.39 is 11.7 Å². The van der Waals surface area contributed by atoms with Crippen molar-refractivity contribution in [2.75, 3.05) is 20.1 Å². The Morgan fingerprint density at radius 3 is 2.45 bits per heavy atom. The Bertz CT molecular complexity index is 1010. The number of halogens is 3. The first kappa shape index (κ1) is 21.1. The number of aryl methyl sites for hydroxylation is 2. The number of rotatable bonds is 6. The van der Waals surface area contributed by atoms with Crippen molar-refractivity contribution >= 4 is 10.9 Å². The molecule has 3 aromatic rings. The standard InChI is InChI=1S/C23H25F3N2O/c1-5-28(4)11-9-17-12-16(3)22(13-15(17)2)29-21-8-10-27-20-14-18(23(24,25)26)6-7-19(20)21/h6-8,10,12-14H,5,9,11H2,1-4H3. The summed E-state index contributed by atoms with van der Waals surface area (Å²) in [4.78, 5) is 6.34. The van der Waals surface area contributed by atoms with Crippen molar-refractivity contribution in [3.8, 4) is 11.5 Å². The van der Waals surface area contributed by atoms with Gasteiger partial charge in [0.25, 0.3) is 0 Å². The number of aromatic nitrogens is 1. The lowest BCUT2D eigenvalue weighted by molar-refractivity contribution is -0.137. The Labute approximate surface area is 169 Å². The summed E-state index contributed by atoms with van der Waals surface area (Å²) < 4.78 is 45.0. The van der Waals surface area contributed by atoms with Crippen LogP contribution < -0.4 is 4.74 Å². The molecule has 3 rings (SSSR count). The number of alkyl halides is 3. The molecule has 6 heteroatoms. The van der Waals surface area contributed by atoms with Crippen molar-refractivity contribution in [2.24, 2.45) is 0 Å². The maximum atomic E-state index is 13.0. The molecule has 0 aliphatic rings. The highest BCUT2D eigenvalue weighted by atomic mass is 19.4. The third-order valence-electron chi connectivity index (χ3n) is 5.19. The molecule has 0 amide bonds. The van der Waals surface area contributed by atoms with Crippen LogP contribution in [0.3, 0.4) is 0 Å². The van der Waals surface area contributed by atoms with Gasteiger partial charge in [0.05, 0.1) is 11.1 Å². The Balaban J connectivity index is 1.90. The van der Waals surface area contributed by atoms with E-state index in [0.29, 0.717) is 16.9 Å². The molecule has 0 bridgehead atoms. The predicted molar refractivity (Wildman–Crippen MR) is 110 cm³/mol. The van der Waals surface area contributed by atoms with Crippen LogP contribution >= 0.6 is 0 Å². The monoisotopic (exact) mass is 402 g/mol. The molecule has 0 saturated carbocycles. The summed E-state index contributed by atoms with van der Waals surface area (Å²) in [6, 6.07) is 9.31. The summed E-state index contributed by atoms with van der Waals surface area (Å²) in [6.45, 7) is 8.14. The Hall–Kier alpha value is -2.60. The average Bonchev–Trinajstić information content (AvgIpc) is 2.68. The molecule has 1 heterocycles. The van der Waals surface area contributed by atoms with Crippen LogP contribution in [-0.4, -0.2) is 30.0 Å². The minimum absolute atomic E-state index is 0.255. The molecule has 0 spiro atoms. The first-order valence-electron chi connectivity index (χ1n) is 9.61. The summed E-state index contributed by atoms with van der Waals surface area (Å²) in [5.41, 5.74) is 2.92. The highest BCUT2D eigenvalue weighted by Crippen LogP contribution is 2.35. The van der Waals surface area contributed by atoms with Crippen LogP contribution in [0, 0.1) is 13.8 Å². The maximum absolute atomic E-state index is 13.0. The molecule has 0 radical (unpaired) electrons. The van der Waals surface area contributed by atoms with Crippen LogP contribution in [0.25, 0.3) is 10.9 Å². The zero-order valence-corrected chi connectivity index (χ0v) is 17.1. The second-order valence-electron chi connectivity index (χ2n) is 7.33. The van der Waals surface area contributed by atoms with Gasteiger partial charge in [0, 0.05) is 18.1 Å². The molecule has 0 unspecified atom stereocenters. The second kappa shape index (κ2) is 8.41. The first-order chi connectivity index (χ1) is 13.7. The van der Waals surface area contributed by atoms with E-state index in [1.807, 2.05) is 19.9 Å². The summed E-state index contributed by atoms with van der Waals surface area (Å²) in [5.74, 6) is 1.19. The van der Waals surface area contributed by atoms with Crippen molar-refractivity contribution in [1.29, 1.82) is 0 Å². The molecule has 0 N–H and O–H groups in total. The fourth-order valence-electron chi connectivity index (χ4n) is 3.20. The molecule has 1 aromatic heterocycles. The summed E-state index contributed by atoms with van der Waals surface area (Å²) in [6.07, 6.45) is -1.98. The number of nitrogens with zero attached hydrogens (tertiary/aromatic N) is 2. The van der Waals surface area contributed by atoms with Crippen LogP contribution in [0.4, 0.5) is 13.2 Å². The molecule has 0 aliphatic carbocycles. The van der Waals surface area contributed by atoms with Crippen LogP contribution in [0.1, 0.15) is 29.2 Å². The molecule has 29 heavy (non-hydrogen) atoms. The minimum atomic E-state index is -4.40. The first-order valence-corrected chi connectivity index (χ1v) is 9.61. The normalized spacial score (nSPS) is 12.0. The van der Waals surface area contributed by atoms with Gasteiger partial charge < -0.3 is 9.64 Å². The number of benzene rings is 2. The molecule has 0 atom stereocenters. The number of pyridine rings is 1. The maximum Gasteiger partial charge on any atom is 0.416 e. The quantitative estimate of drug-likeness (QED) is 0.494. The molecule has 154 valence electrons. The third kappa shape index (κ3) is 4.88. The molecular formula is C23H25F3N2O. The number of fused-ring (bicyclic) bond motifs is 1. The molecular weight excluding hydrogens is 377 g/mol. The fourth-order valence-corrected chi connectivity index (χ4v) is 3.20. The molecule has 0 aliphatic heterocycles. The van der Waals surface area contributed by atoms with Crippen molar-refractivity contribution < 1.29 is 17.9 Å². The van der Waals surface area contributed by atoms with Gasteiger partial charge in [-0.2, -0.15) is 13.2 Å². The lowest BCUT2D eigenvalue weighted by atomic mass is 10.0. The van der Waals surface area contributed by atoms with Crippen LogP contribution in [0.15, 0.2) is 42.6 Å². The van der Waals surface area contributed by atoms with Gasteiger partial charge >= 0.3 is 6.18 Å². The lowest BCUT2D eigenvalue weighted by Gasteiger charge is -2.17. The highest BCUT2D eigenvalue weighted by Gasteiger charge is 2.30. The second-order valence-corrected chi connectivity index (χ2v) is 7.33. The van der Waals surface area contributed by atoms with E-state index in [0.717, 1.165) is 42.8 Å². The number of hydrogen-bond acceptors (Lipinski definition) is 3. The van der Waals surface area contributed by atoms with Gasteiger partial charge in [-0.25, -0.2) is 0 Å². The van der Waals surface area contributed by atoms with E-state index in [1.165, 1.54) is 17.8 Å². The number of ether oxygens (including phenoxy) is 1. The van der Waals surface area contributed by atoms with Crippen LogP contribution in [-0.2, 0) is 12.6 Å². The molecule has 2 aromatic carbocycles. The van der Waals surface area contributed by atoms with E-state index in [4.69, 9.17) is 4.74 Å². The Kier molecular flexibility index (Phi) is 6.13. The van der Waals surface area contributed by atoms with Gasteiger partial charge in [-0.1, -0.05) is 13.0 Å². The molecule has 0 saturated heterocycles. The van der Waals surface area contributed by atoms with Crippen LogP contribution in [0.2, 0.25) is 0 Å². The van der Waals surface area contributed by atoms with E-state index in [2.05, 4.69) is 29.9 Å². The lowest BCUT2D eigenvalue weighted by Crippen LogP contribution is -2.20. The zero-order chi connectivity index (χ0) is 21.2. The van der Waals surface area contributed by atoms with Crippen molar-refractivity contribution in [1.82, 2.24) is 9.88 Å². The third-order valence-corrected chi connectivity index (χ3v) is 5.19. The van der Waals surface area contributed by atoms with Crippen molar-refractivity contribution in [3.05, 3.63) is 64.8 Å². The Morgan fingerprint density at radius 1 is 1.00 bits per heavy atom. The molecule has 3 nitrogen and oxygen atoms in total. The highest BCUT2D eigenvalue weighted by molar-refractivity contribution is 5.85. The van der Waals surface area contributed by atoms with Gasteiger partial charge in [-0.15, -0.1) is 0 Å². The fraction of sp³-hybridized carbons (Fsp3) is 0.348. The Morgan fingerprint density at radius 2 is 1.76 bits per heavy atom. The van der Waals surface area contributed by atoms with Gasteiger partial charge in [-0.05, 0) is 80.9 Å². The van der Waals surface area contributed by atoms with E-state index >= 15 is 0 Å². The molecule has 0 fully saturated rings. The minimum Gasteiger partial charge on any atom is -0.456 e. The van der Waals surface area contributed by atoms with Gasteiger partial charge in [0.15, 0.2) is 0 Å². The topological polar surface area (TPSA) is 25.4 Å². The largest absolute Gasteiger partial charge is 0.456 e. The average molecular weight is 402 g/mol. The predicted octanol–water partition coefficient (Wildman–Crippen LogP) is 6.16. The van der Waals surface area contributed by atoms with Crippen molar-refractivity contribution in [3.63, 3.8) is 0 Å². The number of likely N-dealkylation sites (N-methyl/N-ethyl adjacent to an activating group) is 1. The van der Waals surface area contributed by atoms with E-state index in [-0.39, 0.29) is 5.52 Å². The van der Waals surface area contributed by atoms with Crippen LogP contribution in [0.5, 0.6) is 11.5 Å². The van der Waals surface area contributed by atoms with Gasteiger partial charge in [-0.3, -0.25) is 4.98 Å². The van der Waals surface area contributed by atoms with E-state index in [9.17, 15) is 13.2 Å². The van der Waals surface area contributed by atoms with E-state index in [1.54, 1.807) is 6.07 Å². The SMILES string of the molecule is CCN(C)CCc1cc(C)c(Oc2ccnc3cc(C(F)(F)F)ccc23)cc1C. The van der Waals surface area contributed by atoms with Crippen molar-refractivity contribution in [2.45, 2.75) is 33.4 Å². The smallest absolute Gasteiger partial charge is 0.416 e. The van der Waals surface area contributed by atoms with Gasteiger partial charge in [0.1, 0.15) is 11.5 Å². The summed E-state index contributed by atoms with van der Waals surface area (Å²) in [7, 11) is 2.10. The summed E-state index contributed by atoms with van der Waals surface area (Å²) in [5, 5.41) is 0.547. The summed E-state index contributed by atoms with van der Waals surface area (Å²) >= 11 is 0. The number of hydrogen-bond donors (Lipinski definition) is 0. The van der Waals surface area contributed by atoms with Gasteiger partial charge in [0.2, 0.25) is 0 Å². The zero-order valence-electron chi connectivity index (χ0n) is 17.1.